The van der Waals surface area contributed by atoms with Crippen LogP contribution in [0.25, 0.3) is 0 Å². The summed E-state index contributed by atoms with van der Waals surface area (Å²) in [5.41, 5.74) is -1.23. The van der Waals surface area contributed by atoms with Gasteiger partial charge in [0.25, 0.3) is 0 Å². The highest BCUT2D eigenvalue weighted by Gasteiger charge is 2.30. The molecular weight excluding hydrogens is 235 g/mol. The molecule has 0 aliphatic heterocycles. The van der Waals surface area contributed by atoms with Crippen LogP contribution in [0.2, 0.25) is 0 Å². The van der Waals surface area contributed by atoms with Gasteiger partial charge in [-0.1, -0.05) is 0 Å². The third-order valence-electron chi connectivity index (χ3n) is 2.55. The van der Waals surface area contributed by atoms with Gasteiger partial charge in [-0.2, -0.15) is 0 Å². The van der Waals surface area contributed by atoms with Crippen molar-refractivity contribution in [3.8, 4) is 5.75 Å². The van der Waals surface area contributed by atoms with Crippen LogP contribution in [-0.2, 0) is 10.2 Å². The summed E-state index contributed by atoms with van der Waals surface area (Å²) >= 11 is 0. The van der Waals surface area contributed by atoms with Crippen LogP contribution >= 0.6 is 0 Å². The monoisotopic (exact) mass is 254 g/mol. The summed E-state index contributed by atoms with van der Waals surface area (Å²) in [5.74, 6) is -1.16. The first-order valence-corrected chi connectivity index (χ1v) is 5.76. The zero-order chi connectivity index (χ0) is 14.1. The quantitative estimate of drug-likeness (QED) is 0.899. The van der Waals surface area contributed by atoms with Gasteiger partial charge in [-0.05, 0) is 52.3 Å². The summed E-state index contributed by atoms with van der Waals surface area (Å²) in [5, 5.41) is 9.15. The molecule has 0 bridgehead atoms. The second kappa shape index (κ2) is 4.59. The topological polar surface area (TPSA) is 46.5 Å². The lowest BCUT2D eigenvalue weighted by Gasteiger charge is -2.24. The van der Waals surface area contributed by atoms with Crippen molar-refractivity contribution in [2.45, 2.75) is 45.6 Å². The lowest BCUT2D eigenvalue weighted by molar-refractivity contribution is -0.142. The number of ether oxygens (including phenoxy) is 1. The standard InChI is InChI=1S/C14H19FO3/c1-13(2,3)18-11-7-9(6-10(15)8-11)14(4,5)12(16)17/h6-8H,1-5H3,(H,16,17). The van der Waals surface area contributed by atoms with Gasteiger partial charge in [0.2, 0.25) is 0 Å². The molecule has 0 atom stereocenters. The summed E-state index contributed by atoms with van der Waals surface area (Å²) in [4.78, 5) is 11.2. The van der Waals surface area contributed by atoms with Crippen molar-refractivity contribution in [3.63, 3.8) is 0 Å². The van der Waals surface area contributed by atoms with Crippen LogP contribution in [0.1, 0.15) is 40.2 Å². The Morgan fingerprint density at radius 2 is 1.72 bits per heavy atom. The highest BCUT2D eigenvalue weighted by Crippen LogP contribution is 2.29. The molecule has 18 heavy (non-hydrogen) atoms. The Kier molecular flexibility index (Phi) is 3.70. The summed E-state index contributed by atoms with van der Waals surface area (Å²) < 4.78 is 19.1. The molecule has 4 heteroatoms. The molecule has 0 spiro atoms. The van der Waals surface area contributed by atoms with Gasteiger partial charge in [0.1, 0.15) is 17.2 Å². The van der Waals surface area contributed by atoms with E-state index in [0.717, 1.165) is 0 Å². The average Bonchev–Trinajstić information content (AvgIpc) is 2.13. The van der Waals surface area contributed by atoms with Gasteiger partial charge in [-0.15, -0.1) is 0 Å². The maximum Gasteiger partial charge on any atom is 0.313 e. The summed E-state index contributed by atoms with van der Waals surface area (Å²) in [6.45, 7) is 8.61. The van der Waals surface area contributed by atoms with Crippen molar-refractivity contribution in [1.82, 2.24) is 0 Å². The Labute approximate surface area is 107 Å². The van der Waals surface area contributed by atoms with Gasteiger partial charge in [0.05, 0.1) is 5.41 Å². The van der Waals surface area contributed by atoms with Crippen molar-refractivity contribution in [1.29, 1.82) is 0 Å². The zero-order valence-corrected chi connectivity index (χ0v) is 11.4. The summed E-state index contributed by atoms with van der Waals surface area (Å²) in [6.07, 6.45) is 0. The van der Waals surface area contributed by atoms with Gasteiger partial charge in [0.15, 0.2) is 0 Å². The zero-order valence-electron chi connectivity index (χ0n) is 11.4. The van der Waals surface area contributed by atoms with E-state index >= 15 is 0 Å². The van der Waals surface area contributed by atoms with Crippen molar-refractivity contribution >= 4 is 5.97 Å². The van der Waals surface area contributed by atoms with Gasteiger partial charge >= 0.3 is 5.97 Å². The highest BCUT2D eigenvalue weighted by molar-refractivity contribution is 5.80. The smallest absolute Gasteiger partial charge is 0.313 e. The molecule has 1 aromatic rings. The molecule has 0 radical (unpaired) electrons. The minimum atomic E-state index is -1.15. The molecule has 1 rings (SSSR count). The average molecular weight is 254 g/mol. The number of aliphatic carboxylic acids is 1. The number of benzene rings is 1. The second-order valence-corrected chi connectivity index (χ2v) is 5.82. The Morgan fingerprint density at radius 1 is 1.17 bits per heavy atom. The van der Waals surface area contributed by atoms with Crippen LogP contribution < -0.4 is 4.74 Å². The van der Waals surface area contributed by atoms with E-state index in [2.05, 4.69) is 0 Å². The Balaban J connectivity index is 3.20. The predicted molar refractivity (Wildman–Crippen MR) is 67.4 cm³/mol. The first-order chi connectivity index (χ1) is 8.02. The number of hydrogen-bond donors (Lipinski definition) is 1. The van der Waals surface area contributed by atoms with E-state index in [9.17, 15) is 9.18 Å². The van der Waals surface area contributed by atoms with Crippen LogP contribution in [0.5, 0.6) is 5.75 Å². The van der Waals surface area contributed by atoms with E-state index in [1.807, 2.05) is 20.8 Å². The number of hydrogen-bond acceptors (Lipinski definition) is 2. The molecular formula is C14H19FO3. The summed E-state index contributed by atoms with van der Waals surface area (Å²) in [6, 6.07) is 4.05. The molecule has 1 aromatic carbocycles. The van der Waals surface area contributed by atoms with Crippen LogP contribution in [0.3, 0.4) is 0 Å². The maximum atomic E-state index is 13.5. The molecule has 0 fully saturated rings. The van der Waals surface area contributed by atoms with Crippen molar-refractivity contribution in [2.75, 3.05) is 0 Å². The van der Waals surface area contributed by atoms with Gasteiger partial charge in [-0.25, -0.2) is 4.39 Å². The minimum Gasteiger partial charge on any atom is -0.488 e. The maximum absolute atomic E-state index is 13.5. The lowest BCUT2D eigenvalue weighted by Crippen LogP contribution is -2.29. The van der Waals surface area contributed by atoms with E-state index in [1.54, 1.807) is 6.07 Å². The Bertz CT molecular complexity index is 459. The van der Waals surface area contributed by atoms with Crippen molar-refractivity contribution in [3.05, 3.63) is 29.6 Å². The SMILES string of the molecule is CC(C)(C)Oc1cc(F)cc(C(C)(C)C(=O)O)c1. The highest BCUT2D eigenvalue weighted by atomic mass is 19.1. The van der Waals surface area contributed by atoms with Crippen molar-refractivity contribution in [2.24, 2.45) is 0 Å². The Morgan fingerprint density at radius 3 is 2.17 bits per heavy atom. The second-order valence-electron chi connectivity index (χ2n) is 5.82. The molecule has 0 amide bonds. The van der Waals surface area contributed by atoms with E-state index in [4.69, 9.17) is 9.84 Å². The van der Waals surface area contributed by atoms with E-state index in [1.165, 1.54) is 26.0 Å². The summed E-state index contributed by atoms with van der Waals surface area (Å²) in [7, 11) is 0. The number of carboxylic acids is 1. The van der Waals surface area contributed by atoms with E-state index < -0.39 is 22.8 Å². The predicted octanol–water partition coefficient (Wildman–Crippen LogP) is 3.37. The van der Waals surface area contributed by atoms with Crippen LogP contribution in [0.4, 0.5) is 4.39 Å². The minimum absolute atomic E-state index is 0.340. The fourth-order valence-corrected chi connectivity index (χ4v) is 1.46. The van der Waals surface area contributed by atoms with Gasteiger partial charge < -0.3 is 9.84 Å². The first-order valence-electron chi connectivity index (χ1n) is 5.76. The molecule has 0 heterocycles. The fourth-order valence-electron chi connectivity index (χ4n) is 1.46. The number of rotatable bonds is 3. The molecule has 0 saturated carbocycles. The Hall–Kier alpha value is -1.58. The first kappa shape index (κ1) is 14.5. The molecule has 3 nitrogen and oxygen atoms in total. The van der Waals surface area contributed by atoms with E-state index in [0.29, 0.717) is 11.3 Å². The normalized spacial score (nSPS) is 12.3. The molecule has 0 aromatic heterocycles. The van der Waals surface area contributed by atoms with Gasteiger partial charge in [0, 0.05) is 6.07 Å². The fraction of sp³-hybridized carbons (Fsp3) is 0.500. The third kappa shape index (κ3) is 3.45. The number of halogens is 1. The molecule has 100 valence electrons. The number of carbonyl (C=O) groups is 1. The van der Waals surface area contributed by atoms with Crippen LogP contribution in [-0.4, -0.2) is 16.7 Å². The molecule has 0 aliphatic carbocycles. The van der Waals surface area contributed by atoms with E-state index in [-0.39, 0.29) is 0 Å². The van der Waals surface area contributed by atoms with Gasteiger partial charge in [-0.3, -0.25) is 4.79 Å². The lowest BCUT2D eigenvalue weighted by atomic mass is 9.84. The molecule has 0 aliphatic rings. The largest absolute Gasteiger partial charge is 0.488 e. The van der Waals surface area contributed by atoms with Crippen LogP contribution in [0, 0.1) is 5.82 Å². The number of carboxylic acid groups (broad SMARTS) is 1. The molecule has 1 N–H and O–H groups in total. The molecule has 0 unspecified atom stereocenters. The third-order valence-corrected chi connectivity index (χ3v) is 2.55. The molecule has 0 saturated heterocycles. The van der Waals surface area contributed by atoms with Crippen molar-refractivity contribution < 1.29 is 19.0 Å². The van der Waals surface area contributed by atoms with Crippen LogP contribution in [0.15, 0.2) is 18.2 Å².